The molecule has 9 heteroatoms. The Kier molecular flexibility index (Phi) is 12.7. The lowest BCUT2D eigenvalue weighted by atomic mass is 9.94. The molecule has 0 aromatic heterocycles. The number of benzene rings is 3. The Morgan fingerprint density at radius 3 is 2.30 bits per heavy atom. The summed E-state index contributed by atoms with van der Waals surface area (Å²) in [5.74, 6) is -1.67. The molecule has 0 heterocycles. The second kappa shape index (κ2) is 16.4. The molecule has 0 aliphatic rings. The third-order valence-corrected chi connectivity index (χ3v) is 7.57. The molecular formula is C34H37F2N3O3S. The number of aryl methyl sites for hydroxylation is 2. The second-order valence-corrected chi connectivity index (χ2v) is 11.1. The lowest BCUT2D eigenvalue weighted by Gasteiger charge is -2.19. The van der Waals surface area contributed by atoms with Crippen LogP contribution in [0.2, 0.25) is 0 Å². The normalized spacial score (nSPS) is 12.3. The van der Waals surface area contributed by atoms with Crippen molar-refractivity contribution in [3.05, 3.63) is 118 Å². The highest BCUT2D eigenvalue weighted by atomic mass is 32.2. The standard InChI is InChI=1S/C34H37F2N3O3S/c1-23(39(3)22-37-2)19-28(26-11-15-30(36)16-12-26)20-25-6-10-27(9-5-24-7-13-29(35)14-8-24)31(21-25)33(40)38-32(34(41)42)17-18-43-4/h6-8,10-16,20-22,32H,1,5,9,17-19H2,2-4H3,(H,38,40)(H,41,42)/b28-20-,37-22?. The van der Waals surface area contributed by atoms with Crippen molar-refractivity contribution in [2.75, 3.05) is 26.1 Å². The minimum Gasteiger partial charge on any atom is -0.480 e. The van der Waals surface area contributed by atoms with Crippen LogP contribution in [0.15, 0.2) is 84.0 Å². The van der Waals surface area contributed by atoms with Crippen LogP contribution in [0.25, 0.3) is 11.6 Å². The fourth-order valence-electron chi connectivity index (χ4n) is 4.47. The van der Waals surface area contributed by atoms with Crippen molar-refractivity contribution >= 4 is 41.6 Å². The molecule has 3 aromatic carbocycles. The summed E-state index contributed by atoms with van der Waals surface area (Å²) in [6.07, 6.45) is 7.22. The fourth-order valence-corrected chi connectivity index (χ4v) is 4.94. The van der Waals surface area contributed by atoms with Crippen molar-refractivity contribution in [2.45, 2.75) is 31.7 Å². The van der Waals surface area contributed by atoms with Crippen LogP contribution in [-0.4, -0.2) is 60.4 Å². The number of carbonyl (C=O) groups excluding carboxylic acids is 1. The van der Waals surface area contributed by atoms with Crippen LogP contribution >= 0.6 is 11.8 Å². The minimum atomic E-state index is -1.09. The number of allylic oxidation sites excluding steroid dienone is 1. The van der Waals surface area contributed by atoms with Crippen LogP contribution in [0.4, 0.5) is 8.78 Å². The van der Waals surface area contributed by atoms with E-state index < -0.39 is 17.9 Å². The fraction of sp³-hybridized carbons (Fsp3) is 0.265. The first-order valence-electron chi connectivity index (χ1n) is 13.8. The van der Waals surface area contributed by atoms with Gasteiger partial charge in [-0.1, -0.05) is 49.1 Å². The quantitative estimate of drug-likeness (QED) is 0.114. The van der Waals surface area contributed by atoms with Gasteiger partial charge in [0.05, 0.1) is 6.34 Å². The summed E-state index contributed by atoms with van der Waals surface area (Å²) in [6.45, 7) is 4.16. The van der Waals surface area contributed by atoms with Crippen molar-refractivity contribution in [3.63, 3.8) is 0 Å². The molecule has 0 radical (unpaired) electrons. The number of rotatable bonds is 15. The average Bonchev–Trinajstić information content (AvgIpc) is 2.99. The number of halogens is 2. The molecule has 6 nitrogen and oxygen atoms in total. The summed E-state index contributed by atoms with van der Waals surface area (Å²) in [5, 5.41) is 12.4. The van der Waals surface area contributed by atoms with Gasteiger partial charge in [-0.05, 0) is 89.4 Å². The number of aliphatic imine (C=N–C) groups is 1. The van der Waals surface area contributed by atoms with Gasteiger partial charge in [0.25, 0.3) is 5.91 Å². The molecule has 0 spiro atoms. The molecule has 226 valence electrons. The zero-order valence-corrected chi connectivity index (χ0v) is 25.5. The molecule has 3 rings (SSSR count). The Labute approximate surface area is 256 Å². The second-order valence-electron chi connectivity index (χ2n) is 10.1. The van der Waals surface area contributed by atoms with E-state index in [4.69, 9.17) is 0 Å². The van der Waals surface area contributed by atoms with Gasteiger partial charge in [0, 0.05) is 31.8 Å². The molecular weight excluding hydrogens is 568 g/mol. The van der Waals surface area contributed by atoms with Crippen LogP contribution in [0, 0.1) is 11.6 Å². The lowest BCUT2D eigenvalue weighted by Crippen LogP contribution is -2.41. The van der Waals surface area contributed by atoms with Gasteiger partial charge in [0.2, 0.25) is 0 Å². The number of carboxylic acids is 1. The number of hydrogen-bond donors (Lipinski definition) is 2. The van der Waals surface area contributed by atoms with Crippen molar-refractivity contribution in [3.8, 4) is 0 Å². The molecule has 3 aromatic rings. The molecule has 0 fully saturated rings. The summed E-state index contributed by atoms with van der Waals surface area (Å²) in [7, 11) is 3.51. The molecule has 0 saturated heterocycles. The van der Waals surface area contributed by atoms with Crippen LogP contribution in [0.5, 0.6) is 0 Å². The van der Waals surface area contributed by atoms with E-state index in [1.807, 2.05) is 31.5 Å². The van der Waals surface area contributed by atoms with Gasteiger partial charge in [-0.3, -0.25) is 9.79 Å². The van der Waals surface area contributed by atoms with Crippen molar-refractivity contribution < 1.29 is 23.5 Å². The van der Waals surface area contributed by atoms with Crippen molar-refractivity contribution in [1.29, 1.82) is 0 Å². The van der Waals surface area contributed by atoms with E-state index in [9.17, 15) is 23.5 Å². The van der Waals surface area contributed by atoms with Gasteiger partial charge in [-0.25, -0.2) is 13.6 Å². The van der Waals surface area contributed by atoms with E-state index in [0.717, 1.165) is 28.0 Å². The SMILES string of the molecule is C=C(C/C(=C/c1ccc(CCc2ccc(F)cc2)c(C(=O)NC(CCSC)C(=O)O)c1)c1ccc(F)cc1)N(C)C=NC. The zero-order valence-electron chi connectivity index (χ0n) is 24.6. The number of carboxylic acid groups (broad SMARTS) is 1. The summed E-state index contributed by atoms with van der Waals surface area (Å²) in [6, 6.07) is 16.8. The van der Waals surface area contributed by atoms with Crippen LogP contribution < -0.4 is 5.32 Å². The maximum absolute atomic E-state index is 13.7. The van der Waals surface area contributed by atoms with Gasteiger partial charge >= 0.3 is 5.97 Å². The lowest BCUT2D eigenvalue weighted by molar-refractivity contribution is -0.139. The van der Waals surface area contributed by atoms with Gasteiger partial charge in [-0.15, -0.1) is 0 Å². The van der Waals surface area contributed by atoms with Crippen LogP contribution in [-0.2, 0) is 17.6 Å². The van der Waals surface area contributed by atoms with Gasteiger partial charge in [0.1, 0.15) is 17.7 Å². The molecule has 1 amide bonds. The Bertz CT molecular complexity index is 1470. The maximum Gasteiger partial charge on any atom is 0.326 e. The number of thioether (sulfide) groups is 1. The Balaban J connectivity index is 2.03. The zero-order chi connectivity index (χ0) is 31.4. The third-order valence-electron chi connectivity index (χ3n) is 6.93. The number of nitrogens with one attached hydrogen (secondary N) is 1. The van der Waals surface area contributed by atoms with Gasteiger partial charge in [0.15, 0.2) is 0 Å². The first-order chi connectivity index (χ1) is 20.6. The maximum atomic E-state index is 13.7. The smallest absolute Gasteiger partial charge is 0.326 e. The highest BCUT2D eigenvalue weighted by Gasteiger charge is 2.22. The molecule has 0 saturated carbocycles. The third kappa shape index (κ3) is 10.2. The molecule has 2 N–H and O–H groups in total. The monoisotopic (exact) mass is 605 g/mol. The molecule has 1 unspecified atom stereocenters. The Morgan fingerprint density at radius 1 is 1.05 bits per heavy atom. The molecule has 43 heavy (non-hydrogen) atoms. The predicted molar refractivity (Wildman–Crippen MR) is 172 cm³/mol. The van der Waals surface area contributed by atoms with E-state index in [2.05, 4.69) is 16.9 Å². The van der Waals surface area contributed by atoms with E-state index in [-0.39, 0.29) is 18.1 Å². The molecule has 0 bridgehead atoms. The van der Waals surface area contributed by atoms with E-state index in [1.165, 1.54) is 36.0 Å². The first kappa shape index (κ1) is 33.3. The topological polar surface area (TPSA) is 82.0 Å². The summed E-state index contributed by atoms with van der Waals surface area (Å²) in [5.41, 5.74) is 5.11. The van der Waals surface area contributed by atoms with E-state index in [1.54, 1.807) is 48.6 Å². The van der Waals surface area contributed by atoms with Crippen LogP contribution in [0.3, 0.4) is 0 Å². The van der Waals surface area contributed by atoms with Crippen LogP contribution in [0.1, 0.15) is 45.5 Å². The molecule has 1 atom stereocenters. The number of aliphatic carboxylic acids is 1. The Hall–Kier alpha value is -4.24. The van der Waals surface area contributed by atoms with Gasteiger partial charge < -0.3 is 15.3 Å². The number of nitrogens with zero attached hydrogens (tertiary/aromatic N) is 2. The van der Waals surface area contributed by atoms with E-state index in [0.29, 0.717) is 36.1 Å². The first-order valence-corrected chi connectivity index (χ1v) is 15.2. The Morgan fingerprint density at radius 2 is 1.70 bits per heavy atom. The summed E-state index contributed by atoms with van der Waals surface area (Å²) >= 11 is 1.51. The summed E-state index contributed by atoms with van der Waals surface area (Å²) in [4.78, 5) is 31.3. The largest absolute Gasteiger partial charge is 0.480 e. The number of carbonyl (C=O) groups is 2. The van der Waals surface area contributed by atoms with E-state index >= 15 is 0 Å². The predicted octanol–water partition coefficient (Wildman–Crippen LogP) is 6.72. The summed E-state index contributed by atoms with van der Waals surface area (Å²) < 4.78 is 27.1. The molecule has 0 aliphatic carbocycles. The van der Waals surface area contributed by atoms with Crippen molar-refractivity contribution in [2.24, 2.45) is 4.99 Å². The highest BCUT2D eigenvalue weighted by molar-refractivity contribution is 7.98. The average molecular weight is 606 g/mol. The number of hydrogen-bond acceptors (Lipinski definition) is 4. The minimum absolute atomic E-state index is 0.290. The number of amides is 1. The van der Waals surface area contributed by atoms with Gasteiger partial charge in [-0.2, -0.15) is 11.8 Å². The van der Waals surface area contributed by atoms with Crippen molar-refractivity contribution in [1.82, 2.24) is 10.2 Å². The highest BCUT2D eigenvalue weighted by Crippen LogP contribution is 2.27. The molecule has 0 aliphatic heterocycles.